The zero-order valence-corrected chi connectivity index (χ0v) is 20.0. The van der Waals surface area contributed by atoms with E-state index in [0.717, 1.165) is 16.6 Å². The van der Waals surface area contributed by atoms with Crippen LogP contribution in [-0.2, 0) is 10.0 Å². The molecule has 176 valence electrons. The smallest absolute Gasteiger partial charge is 0.261 e. The molecule has 0 saturated heterocycles. The zero-order chi connectivity index (χ0) is 24.7. The van der Waals surface area contributed by atoms with Crippen molar-refractivity contribution >= 4 is 32.5 Å². The number of hydrogen-bond donors (Lipinski definition) is 2. The number of carbonyl (C=O) groups is 1. The number of nitrogens with zero attached hydrogens (tertiary/aromatic N) is 1. The number of para-hydroxylation sites is 1. The number of amides is 1. The second-order valence-corrected chi connectivity index (χ2v) is 9.57. The fourth-order valence-corrected chi connectivity index (χ4v) is 4.66. The quantitative estimate of drug-likeness (QED) is 0.495. The lowest BCUT2D eigenvalue weighted by Crippen LogP contribution is -2.23. The predicted octanol–water partition coefficient (Wildman–Crippen LogP) is 5.59. The van der Waals surface area contributed by atoms with Gasteiger partial charge in [-0.1, -0.05) is 66.8 Å². The second kappa shape index (κ2) is 10.8. The molecule has 0 fully saturated rings. The van der Waals surface area contributed by atoms with E-state index in [0.29, 0.717) is 23.4 Å². The van der Waals surface area contributed by atoms with Crippen LogP contribution in [0.4, 0.5) is 5.69 Å². The lowest BCUT2D eigenvalue weighted by atomic mass is 10.1. The van der Waals surface area contributed by atoms with Crippen LogP contribution in [0.15, 0.2) is 120 Å². The molecule has 0 radical (unpaired) electrons. The van der Waals surface area contributed by atoms with Crippen LogP contribution in [0, 0.1) is 6.92 Å². The fourth-order valence-electron chi connectivity index (χ4n) is 3.55. The number of fused-ring (bicyclic) bond motifs is 1. The van der Waals surface area contributed by atoms with E-state index in [1.54, 1.807) is 30.4 Å². The number of sulfonamides is 1. The van der Waals surface area contributed by atoms with Gasteiger partial charge in [0.25, 0.3) is 15.9 Å². The summed E-state index contributed by atoms with van der Waals surface area (Å²) < 4.78 is 28.5. The molecule has 0 unspecified atom stereocenters. The van der Waals surface area contributed by atoms with Crippen molar-refractivity contribution < 1.29 is 13.2 Å². The third-order valence-corrected chi connectivity index (χ3v) is 6.64. The summed E-state index contributed by atoms with van der Waals surface area (Å²) in [6.07, 6.45) is 17.0. The Labute approximate surface area is 205 Å². The third kappa shape index (κ3) is 6.22. The standard InChI is InChI=1S/C28H25N3O3S/c1-21-20-26(25-14-10-11-15-27(25)29-21)28(32)30-22-16-18-24(19-17-22)35(33,34)31-23-12-8-6-4-2-3-5-7-9-13-23/h2-12,14-20,31H,13H2,1H3,(H,30,32)/b4-2-,5-3-,8-6-,9-7-,23-12+. The summed E-state index contributed by atoms with van der Waals surface area (Å²) in [5.74, 6) is -0.287. The zero-order valence-electron chi connectivity index (χ0n) is 19.2. The summed E-state index contributed by atoms with van der Waals surface area (Å²) in [5, 5.41) is 3.60. The monoisotopic (exact) mass is 483 g/mol. The highest BCUT2D eigenvalue weighted by Gasteiger charge is 2.16. The first kappa shape index (κ1) is 23.9. The first-order valence-electron chi connectivity index (χ1n) is 11.1. The molecule has 0 bridgehead atoms. The molecule has 35 heavy (non-hydrogen) atoms. The summed E-state index contributed by atoms with van der Waals surface area (Å²) in [5.41, 5.74) is 3.02. The van der Waals surface area contributed by atoms with E-state index in [9.17, 15) is 13.2 Å². The summed E-state index contributed by atoms with van der Waals surface area (Å²) in [7, 11) is -3.79. The molecule has 1 heterocycles. The van der Waals surface area contributed by atoms with Gasteiger partial charge in [0.2, 0.25) is 0 Å². The number of anilines is 1. The molecule has 7 heteroatoms. The van der Waals surface area contributed by atoms with E-state index in [1.165, 1.54) is 12.1 Å². The van der Waals surface area contributed by atoms with Crippen LogP contribution in [0.25, 0.3) is 10.9 Å². The van der Waals surface area contributed by atoms with Crippen LogP contribution >= 0.6 is 0 Å². The van der Waals surface area contributed by atoms with E-state index < -0.39 is 10.0 Å². The van der Waals surface area contributed by atoms with Gasteiger partial charge >= 0.3 is 0 Å². The van der Waals surface area contributed by atoms with E-state index in [-0.39, 0.29) is 10.8 Å². The first-order valence-corrected chi connectivity index (χ1v) is 12.6. The highest BCUT2D eigenvalue weighted by molar-refractivity contribution is 7.89. The minimum atomic E-state index is -3.79. The molecule has 0 atom stereocenters. The van der Waals surface area contributed by atoms with E-state index in [4.69, 9.17) is 0 Å². The SMILES string of the molecule is Cc1cc(C(=O)Nc2ccc(S(=O)(=O)N/C3=C/C=C\C=C/C=C\C=C/C3)cc2)c2ccccc2n1. The molecule has 2 aromatic carbocycles. The van der Waals surface area contributed by atoms with Crippen molar-refractivity contribution in [1.29, 1.82) is 0 Å². The van der Waals surface area contributed by atoms with Crippen molar-refractivity contribution in [3.8, 4) is 0 Å². The number of nitrogens with one attached hydrogen (secondary N) is 2. The van der Waals surface area contributed by atoms with Gasteiger partial charge in [-0.15, -0.1) is 0 Å². The highest BCUT2D eigenvalue weighted by Crippen LogP contribution is 2.21. The van der Waals surface area contributed by atoms with Gasteiger partial charge in [-0.3, -0.25) is 14.5 Å². The normalized spacial score (nSPS) is 18.9. The van der Waals surface area contributed by atoms with Crippen LogP contribution < -0.4 is 10.0 Å². The molecule has 4 rings (SSSR count). The number of aryl methyl sites for hydroxylation is 1. The average molecular weight is 484 g/mol. The molecule has 0 spiro atoms. The lowest BCUT2D eigenvalue weighted by molar-refractivity contribution is 0.102. The molecule has 1 amide bonds. The average Bonchev–Trinajstić information content (AvgIpc) is 2.90. The number of allylic oxidation sites excluding steroid dienone is 9. The largest absolute Gasteiger partial charge is 0.322 e. The van der Waals surface area contributed by atoms with E-state index in [1.807, 2.05) is 73.7 Å². The van der Waals surface area contributed by atoms with Crippen LogP contribution in [0.3, 0.4) is 0 Å². The number of pyridine rings is 1. The summed E-state index contributed by atoms with van der Waals surface area (Å²) in [6.45, 7) is 1.84. The molecule has 0 saturated carbocycles. The van der Waals surface area contributed by atoms with Crippen molar-refractivity contribution in [2.24, 2.45) is 0 Å². The number of benzene rings is 2. The minimum Gasteiger partial charge on any atom is -0.322 e. The molecule has 1 aliphatic carbocycles. The molecule has 1 aliphatic rings. The molecule has 3 aromatic rings. The number of rotatable bonds is 5. The maximum absolute atomic E-state index is 13.0. The van der Waals surface area contributed by atoms with Gasteiger partial charge in [-0.2, -0.15) is 0 Å². The van der Waals surface area contributed by atoms with Crippen molar-refractivity contribution in [3.63, 3.8) is 0 Å². The summed E-state index contributed by atoms with van der Waals surface area (Å²) in [6, 6.07) is 15.3. The van der Waals surface area contributed by atoms with Gasteiger partial charge in [0.15, 0.2) is 0 Å². The Kier molecular flexibility index (Phi) is 7.38. The van der Waals surface area contributed by atoms with Crippen LogP contribution in [-0.4, -0.2) is 19.3 Å². The molecule has 1 aromatic heterocycles. The minimum absolute atomic E-state index is 0.101. The molecular formula is C28H25N3O3S. The van der Waals surface area contributed by atoms with Crippen LogP contribution in [0.5, 0.6) is 0 Å². The Morgan fingerprint density at radius 3 is 2.34 bits per heavy atom. The summed E-state index contributed by atoms with van der Waals surface area (Å²) >= 11 is 0. The predicted molar refractivity (Wildman–Crippen MR) is 140 cm³/mol. The molecule has 6 nitrogen and oxygen atoms in total. The third-order valence-electron chi connectivity index (χ3n) is 5.21. The Morgan fingerprint density at radius 1 is 0.886 bits per heavy atom. The van der Waals surface area contributed by atoms with Crippen LogP contribution in [0.1, 0.15) is 22.5 Å². The van der Waals surface area contributed by atoms with Crippen LogP contribution in [0.2, 0.25) is 0 Å². The van der Waals surface area contributed by atoms with Crippen molar-refractivity contribution in [1.82, 2.24) is 9.71 Å². The number of aromatic nitrogens is 1. The Morgan fingerprint density at radius 2 is 1.57 bits per heavy atom. The van der Waals surface area contributed by atoms with Crippen molar-refractivity contribution in [2.45, 2.75) is 18.2 Å². The molecule has 0 aliphatic heterocycles. The first-order chi connectivity index (χ1) is 16.9. The highest BCUT2D eigenvalue weighted by atomic mass is 32.2. The van der Waals surface area contributed by atoms with Crippen molar-refractivity contribution in [2.75, 3.05) is 5.32 Å². The maximum Gasteiger partial charge on any atom is 0.261 e. The number of hydrogen-bond acceptors (Lipinski definition) is 4. The van der Waals surface area contributed by atoms with Gasteiger partial charge in [-0.25, -0.2) is 8.42 Å². The van der Waals surface area contributed by atoms with Gasteiger partial charge in [0.1, 0.15) is 0 Å². The van der Waals surface area contributed by atoms with Crippen molar-refractivity contribution in [3.05, 3.63) is 126 Å². The lowest BCUT2D eigenvalue weighted by Gasteiger charge is -2.12. The van der Waals surface area contributed by atoms with E-state index >= 15 is 0 Å². The number of carbonyl (C=O) groups excluding carboxylic acids is 1. The fraction of sp³-hybridized carbons (Fsp3) is 0.0714. The van der Waals surface area contributed by atoms with Gasteiger partial charge in [-0.05, 0) is 49.4 Å². The Hall–Kier alpha value is -4.23. The van der Waals surface area contributed by atoms with Gasteiger partial charge in [0, 0.05) is 28.9 Å². The molecular weight excluding hydrogens is 458 g/mol. The van der Waals surface area contributed by atoms with E-state index in [2.05, 4.69) is 15.0 Å². The molecule has 2 N–H and O–H groups in total. The van der Waals surface area contributed by atoms with Gasteiger partial charge < -0.3 is 5.32 Å². The Balaban J connectivity index is 1.50. The summed E-state index contributed by atoms with van der Waals surface area (Å²) in [4.78, 5) is 17.5. The van der Waals surface area contributed by atoms with Gasteiger partial charge in [0.05, 0.1) is 16.0 Å². The Bertz CT molecular complexity index is 1500. The topological polar surface area (TPSA) is 88.2 Å². The maximum atomic E-state index is 13.0. The second-order valence-electron chi connectivity index (χ2n) is 7.89.